The summed E-state index contributed by atoms with van der Waals surface area (Å²) in [6.45, 7) is 5.71. The molecule has 2 rings (SSSR count). The molecule has 0 aromatic heterocycles. The fourth-order valence-electron chi connectivity index (χ4n) is 2.49. The van der Waals surface area contributed by atoms with Crippen molar-refractivity contribution in [3.05, 3.63) is 63.1 Å². The molecule has 5 nitrogen and oxygen atoms in total. The average Bonchev–Trinajstić information content (AvgIpc) is 2.55. The maximum atomic E-state index is 12.0. The topological polar surface area (TPSA) is 70.2 Å². The summed E-state index contributed by atoms with van der Waals surface area (Å²) in [6.07, 6.45) is 0. The van der Waals surface area contributed by atoms with Gasteiger partial charge in [-0.1, -0.05) is 47.0 Å². The first-order valence-corrected chi connectivity index (χ1v) is 8.88. The van der Waals surface area contributed by atoms with Gasteiger partial charge in [-0.25, -0.2) is 4.79 Å². The number of benzene rings is 2. The number of imide groups is 1. The van der Waals surface area contributed by atoms with Gasteiger partial charge in [0.25, 0.3) is 0 Å². The summed E-state index contributed by atoms with van der Waals surface area (Å²) >= 11 is 12.0. The van der Waals surface area contributed by atoms with Crippen molar-refractivity contribution in [1.82, 2.24) is 10.6 Å². The fourth-order valence-corrected chi connectivity index (χ4v) is 3.06. The van der Waals surface area contributed by atoms with E-state index in [1.165, 1.54) is 0 Å². The van der Waals surface area contributed by atoms with Crippen molar-refractivity contribution >= 4 is 40.8 Å². The second-order valence-corrected chi connectivity index (χ2v) is 6.93. The van der Waals surface area contributed by atoms with E-state index in [4.69, 9.17) is 23.2 Å². The molecule has 3 N–H and O–H groups in total. The van der Waals surface area contributed by atoms with Gasteiger partial charge in [-0.05, 0) is 50.1 Å². The van der Waals surface area contributed by atoms with E-state index >= 15 is 0 Å². The third-order valence-corrected chi connectivity index (χ3v) is 4.44. The van der Waals surface area contributed by atoms with E-state index in [1.54, 1.807) is 24.3 Å². The molecule has 7 heteroatoms. The molecule has 0 saturated carbocycles. The highest BCUT2D eigenvalue weighted by atomic mass is 35.5. The summed E-state index contributed by atoms with van der Waals surface area (Å²) in [5, 5.41) is 9.06. The van der Waals surface area contributed by atoms with Gasteiger partial charge in [0.2, 0.25) is 5.91 Å². The molecule has 0 aliphatic carbocycles. The van der Waals surface area contributed by atoms with Gasteiger partial charge >= 0.3 is 6.03 Å². The van der Waals surface area contributed by atoms with E-state index in [9.17, 15) is 9.59 Å². The number of hydrogen-bond donors (Lipinski definition) is 3. The van der Waals surface area contributed by atoms with Crippen LogP contribution in [0.1, 0.15) is 29.7 Å². The molecule has 2 aromatic rings. The zero-order valence-electron chi connectivity index (χ0n) is 14.8. The molecule has 0 heterocycles. The maximum Gasteiger partial charge on any atom is 0.325 e. The van der Waals surface area contributed by atoms with Crippen LogP contribution in [0.25, 0.3) is 0 Å². The second kappa shape index (κ2) is 9.03. The second-order valence-electron chi connectivity index (χ2n) is 6.09. The van der Waals surface area contributed by atoms with Gasteiger partial charge in [0.1, 0.15) is 0 Å². The number of anilines is 1. The predicted molar refractivity (Wildman–Crippen MR) is 106 cm³/mol. The summed E-state index contributed by atoms with van der Waals surface area (Å²) in [5.74, 6) is -0.441. The lowest BCUT2D eigenvalue weighted by molar-refractivity contribution is -0.119. The van der Waals surface area contributed by atoms with Crippen LogP contribution in [-0.4, -0.2) is 18.5 Å². The van der Waals surface area contributed by atoms with E-state index in [-0.39, 0.29) is 12.6 Å². The smallest absolute Gasteiger partial charge is 0.307 e. The van der Waals surface area contributed by atoms with Gasteiger partial charge in [0, 0.05) is 21.8 Å². The minimum atomic E-state index is -0.569. The quantitative estimate of drug-likeness (QED) is 0.694. The van der Waals surface area contributed by atoms with Gasteiger partial charge in [0.05, 0.1) is 6.54 Å². The van der Waals surface area contributed by atoms with Crippen molar-refractivity contribution < 1.29 is 9.59 Å². The Balaban J connectivity index is 1.85. The van der Waals surface area contributed by atoms with E-state index < -0.39 is 11.9 Å². The Morgan fingerprint density at radius 3 is 2.46 bits per heavy atom. The van der Waals surface area contributed by atoms with Crippen LogP contribution in [0.2, 0.25) is 10.0 Å². The first kappa shape index (κ1) is 20.2. The van der Waals surface area contributed by atoms with Crippen LogP contribution in [-0.2, 0) is 4.79 Å². The minimum Gasteiger partial charge on any atom is -0.307 e. The number of aryl methyl sites for hydroxylation is 2. The third kappa shape index (κ3) is 5.73. The van der Waals surface area contributed by atoms with Crippen LogP contribution in [0.15, 0.2) is 36.4 Å². The summed E-state index contributed by atoms with van der Waals surface area (Å²) < 4.78 is 0. The third-order valence-electron chi connectivity index (χ3n) is 3.88. The first-order valence-electron chi connectivity index (χ1n) is 8.12. The molecule has 1 atom stereocenters. The zero-order chi connectivity index (χ0) is 19.3. The summed E-state index contributed by atoms with van der Waals surface area (Å²) in [4.78, 5) is 23.9. The monoisotopic (exact) mass is 393 g/mol. The van der Waals surface area contributed by atoms with Crippen molar-refractivity contribution in [2.45, 2.75) is 26.8 Å². The molecule has 0 bridgehead atoms. The highest BCUT2D eigenvalue weighted by Crippen LogP contribution is 2.25. The molecular formula is C19H21Cl2N3O2. The molecule has 0 unspecified atom stereocenters. The number of urea groups is 1. The Hall–Kier alpha value is -2.08. The Morgan fingerprint density at radius 1 is 1.08 bits per heavy atom. The largest absolute Gasteiger partial charge is 0.325 e. The predicted octanol–water partition coefficient (Wildman–Crippen LogP) is 4.61. The lowest BCUT2D eigenvalue weighted by Gasteiger charge is -2.16. The summed E-state index contributed by atoms with van der Waals surface area (Å²) in [7, 11) is 0. The van der Waals surface area contributed by atoms with E-state index in [2.05, 4.69) is 16.0 Å². The number of amides is 3. The van der Waals surface area contributed by atoms with Crippen LogP contribution < -0.4 is 16.0 Å². The number of carbonyl (C=O) groups excluding carboxylic acids is 2. The van der Waals surface area contributed by atoms with Crippen LogP contribution in [0.3, 0.4) is 0 Å². The first-order chi connectivity index (χ1) is 12.3. The zero-order valence-corrected chi connectivity index (χ0v) is 16.3. The Kier molecular flexibility index (Phi) is 7.03. The molecule has 26 heavy (non-hydrogen) atoms. The van der Waals surface area contributed by atoms with E-state index in [1.807, 2.05) is 32.9 Å². The Labute approximate surface area is 163 Å². The lowest BCUT2D eigenvalue weighted by atomic mass is 10.1. The van der Waals surface area contributed by atoms with Gasteiger partial charge in [-0.2, -0.15) is 0 Å². The molecule has 0 spiro atoms. The number of hydrogen-bond acceptors (Lipinski definition) is 3. The summed E-state index contributed by atoms with van der Waals surface area (Å²) in [5.41, 5.74) is 3.51. The summed E-state index contributed by atoms with van der Waals surface area (Å²) in [6, 6.07) is 10.1. The van der Waals surface area contributed by atoms with Crippen molar-refractivity contribution in [3.8, 4) is 0 Å². The number of halogens is 2. The maximum absolute atomic E-state index is 12.0. The van der Waals surface area contributed by atoms with Crippen LogP contribution >= 0.6 is 23.2 Å². The normalized spacial score (nSPS) is 11.7. The molecule has 0 radical (unpaired) electrons. The van der Waals surface area contributed by atoms with Crippen molar-refractivity contribution in [2.24, 2.45) is 0 Å². The van der Waals surface area contributed by atoms with Crippen LogP contribution in [0, 0.1) is 13.8 Å². The molecule has 3 amide bonds. The Morgan fingerprint density at radius 2 is 1.81 bits per heavy atom. The number of carbonyl (C=O) groups is 2. The Bertz CT molecular complexity index is 824. The molecule has 0 aliphatic heterocycles. The van der Waals surface area contributed by atoms with Crippen LogP contribution in [0.4, 0.5) is 10.5 Å². The van der Waals surface area contributed by atoms with Gasteiger partial charge in [0.15, 0.2) is 0 Å². The van der Waals surface area contributed by atoms with E-state index in [0.29, 0.717) is 15.7 Å². The molecule has 0 aliphatic rings. The van der Waals surface area contributed by atoms with Gasteiger partial charge < -0.3 is 10.6 Å². The molecule has 0 fully saturated rings. The fraction of sp³-hybridized carbons (Fsp3) is 0.263. The van der Waals surface area contributed by atoms with Gasteiger partial charge in [-0.3, -0.25) is 10.1 Å². The molecule has 0 saturated heterocycles. The van der Waals surface area contributed by atoms with E-state index in [0.717, 1.165) is 16.7 Å². The van der Waals surface area contributed by atoms with Crippen LogP contribution in [0.5, 0.6) is 0 Å². The standard InChI is InChI=1S/C19H21Cl2N3O2/c1-11-4-7-17(12(2)8-11)23-19(26)24-18(25)10-22-13(3)15-6-5-14(20)9-16(15)21/h4-9,13,22H,10H2,1-3H3,(H2,23,24,25,26)/t13-/m1/s1. The molecular weight excluding hydrogens is 373 g/mol. The minimum absolute atomic E-state index is 0.0274. The number of rotatable bonds is 5. The van der Waals surface area contributed by atoms with Crippen molar-refractivity contribution in [3.63, 3.8) is 0 Å². The van der Waals surface area contributed by atoms with Gasteiger partial charge in [-0.15, -0.1) is 0 Å². The highest BCUT2D eigenvalue weighted by Gasteiger charge is 2.13. The molecule has 138 valence electrons. The number of nitrogens with one attached hydrogen (secondary N) is 3. The van der Waals surface area contributed by atoms with Crippen molar-refractivity contribution in [2.75, 3.05) is 11.9 Å². The lowest BCUT2D eigenvalue weighted by Crippen LogP contribution is -2.40. The SMILES string of the molecule is Cc1ccc(NC(=O)NC(=O)CN[C@H](C)c2ccc(Cl)cc2Cl)c(C)c1. The highest BCUT2D eigenvalue weighted by molar-refractivity contribution is 6.35. The average molecular weight is 394 g/mol. The molecule has 2 aromatic carbocycles. The van der Waals surface area contributed by atoms with Crippen molar-refractivity contribution in [1.29, 1.82) is 0 Å².